The molecular weight excluding hydrogens is 218 g/mol. The first-order chi connectivity index (χ1) is 8.11. The number of hydrogen-bond donors (Lipinski definition) is 2. The summed E-state index contributed by atoms with van der Waals surface area (Å²) in [7, 11) is 1.62. The Labute approximate surface area is 100.0 Å². The van der Waals surface area contributed by atoms with Crippen LogP contribution in [0.2, 0.25) is 0 Å². The predicted molar refractivity (Wildman–Crippen MR) is 67.9 cm³/mol. The van der Waals surface area contributed by atoms with Gasteiger partial charge in [-0.15, -0.1) is 0 Å². The van der Waals surface area contributed by atoms with E-state index in [1.165, 1.54) is 0 Å². The van der Waals surface area contributed by atoms with E-state index in [0.717, 1.165) is 11.3 Å². The van der Waals surface area contributed by atoms with Crippen molar-refractivity contribution in [3.05, 3.63) is 35.9 Å². The maximum Gasteiger partial charge on any atom is 0.332 e. The monoisotopic (exact) mass is 233 g/mol. The van der Waals surface area contributed by atoms with Crippen LogP contribution >= 0.6 is 0 Å². The van der Waals surface area contributed by atoms with Crippen molar-refractivity contribution in [3.63, 3.8) is 0 Å². The minimum absolute atomic E-state index is 0.652. The van der Waals surface area contributed by atoms with E-state index in [9.17, 15) is 4.79 Å². The lowest BCUT2D eigenvalue weighted by atomic mass is 10.2. The van der Waals surface area contributed by atoms with E-state index in [1.807, 2.05) is 30.3 Å². The zero-order chi connectivity index (χ0) is 12.7. The van der Waals surface area contributed by atoms with E-state index < -0.39 is 6.03 Å². The van der Waals surface area contributed by atoms with Gasteiger partial charge in [-0.1, -0.05) is 18.2 Å². The normalized spacial score (nSPS) is 11.5. The fraction of sp³-hybridized carbons (Fsp3) is 0.167. The second-order valence-electron chi connectivity index (χ2n) is 3.34. The van der Waals surface area contributed by atoms with Gasteiger partial charge < -0.3 is 10.5 Å². The zero-order valence-electron chi connectivity index (χ0n) is 9.81. The van der Waals surface area contributed by atoms with Crippen LogP contribution in [-0.2, 0) is 0 Å². The first kappa shape index (κ1) is 12.8. The number of methoxy groups -OCH3 is 1. The van der Waals surface area contributed by atoms with Gasteiger partial charge in [0.05, 0.1) is 12.8 Å². The summed E-state index contributed by atoms with van der Waals surface area (Å²) >= 11 is 0. The third-order valence-corrected chi connectivity index (χ3v) is 1.98. The quantitative estimate of drug-likeness (QED) is 0.614. The Hall–Kier alpha value is -2.30. The zero-order valence-corrected chi connectivity index (χ0v) is 9.81. The molecule has 5 heteroatoms. The molecule has 0 aromatic heterocycles. The SMILES string of the molecule is COc1ccc(C=C/C(C)=N/NC(N)=O)cc1. The number of nitrogens with zero attached hydrogens (tertiary/aromatic N) is 1. The van der Waals surface area contributed by atoms with Crippen molar-refractivity contribution in [1.29, 1.82) is 0 Å². The highest BCUT2D eigenvalue weighted by Gasteiger charge is 1.91. The fourth-order valence-electron chi connectivity index (χ4n) is 1.11. The number of nitrogens with two attached hydrogens (primary N) is 1. The average Bonchev–Trinajstić information content (AvgIpc) is 2.34. The second kappa shape index (κ2) is 6.32. The number of hydrazone groups is 1. The molecule has 0 spiro atoms. The Bertz CT molecular complexity index is 436. The van der Waals surface area contributed by atoms with Gasteiger partial charge in [-0.3, -0.25) is 0 Å². The number of allylic oxidation sites excluding steroid dienone is 1. The van der Waals surface area contributed by atoms with E-state index >= 15 is 0 Å². The molecule has 0 heterocycles. The number of hydrogen-bond acceptors (Lipinski definition) is 3. The van der Waals surface area contributed by atoms with Gasteiger partial charge in [0.2, 0.25) is 0 Å². The van der Waals surface area contributed by atoms with Gasteiger partial charge in [-0.05, 0) is 30.7 Å². The van der Waals surface area contributed by atoms with E-state index in [2.05, 4.69) is 10.5 Å². The molecule has 0 atom stereocenters. The molecule has 0 aliphatic carbocycles. The fourth-order valence-corrected chi connectivity index (χ4v) is 1.11. The van der Waals surface area contributed by atoms with Crippen molar-refractivity contribution in [3.8, 4) is 5.75 Å². The number of nitrogens with one attached hydrogen (secondary N) is 1. The molecule has 1 aromatic rings. The van der Waals surface area contributed by atoms with E-state index in [0.29, 0.717) is 5.71 Å². The summed E-state index contributed by atoms with van der Waals surface area (Å²) in [6.45, 7) is 1.76. The van der Waals surface area contributed by atoms with Crippen molar-refractivity contribution >= 4 is 17.8 Å². The molecule has 0 fully saturated rings. The number of carbonyl (C=O) groups is 1. The van der Waals surface area contributed by atoms with Crippen LogP contribution in [0.1, 0.15) is 12.5 Å². The van der Waals surface area contributed by atoms with Crippen molar-refractivity contribution in [2.75, 3.05) is 7.11 Å². The van der Waals surface area contributed by atoms with Crippen LogP contribution in [0.3, 0.4) is 0 Å². The minimum atomic E-state index is -0.679. The molecule has 2 amide bonds. The van der Waals surface area contributed by atoms with Crippen LogP contribution in [-0.4, -0.2) is 18.9 Å². The van der Waals surface area contributed by atoms with E-state index in [1.54, 1.807) is 20.1 Å². The number of amides is 2. The molecule has 17 heavy (non-hydrogen) atoms. The molecule has 3 N–H and O–H groups in total. The van der Waals surface area contributed by atoms with Gasteiger partial charge in [0.1, 0.15) is 5.75 Å². The van der Waals surface area contributed by atoms with Gasteiger partial charge in [0, 0.05) is 0 Å². The number of primary amides is 1. The maximum atomic E-state index is 10.4. The lowest BCUT2D eigenvalue weighted by molar-refractivity contribution is 0.249. The Morgan fingerprint density at radius 3 is 2.59 bits per heavy atom. The van der Waals surface area contributed by atoms with Crippen LogP contribution < -0.4 is 15.9 Å². The topological polar surface area (TPSA) is 76.7 Å². The van der Waals surface area contributed by atoms with Crippen LogP contribution in [0.15, 0.2) is 35.4 Å². The third kappa shape index (κ3) is 4.83. The highest BCUT2D eigenvalue weighted by molar-refractivity contribution is 5.96. The molecule has 1 rings (SSSR count). The van der Waals surface area contributed by atoms with Crippen LogP contribution in [0.5, 0.6) is 5.75 Å². The number of benzene rings is 1. The molecule has 1 aromatic carbocycles. The highest BCUT2D eigenvalue weighted by atomic mass is 16.5. The number of rotatable bonds is 4. The lowest BCUT2D eigenvalue weighted by Gasteiger charge is -1.99. The van der Waals surface area contributed by atoms with Crippen molar-refractivity contribution in [2.24, 2.45) is 10.8 Å². The molecule has 0 saturated carbocycles. The first-order valence-corrected chi connectivity index (χ1v) is 5.03. The predicted octanol–water partition coefficient (Wildman–Crippen LogP) is 1.75. The van der Waals surface area contributed by atoms with Crippen molar-refractivity contribution < 1.29 is 9.53 Å². The summed E-state index contributed by atoms with van der Waals surface area (Å²) in [5.74, 6) is 0.808. The molecule has 5 nitrogen and oxygen atoms in total. The third-order valence-electron chi connectivity index (χ3n) is 1.98. The largest absolute Gasteiger partial charge is 0.497 e. The number of urea groups is 1. The number of ether oxygens (including phenoxy) is 1. The standard InChI is InChI=1S/C12H15N3O2/c1-9(14-15-12(13)16)3-4-10-5-7-11(17-2)8-6-10/h3-8H,1-2H3,(H3,13,15,16)/b4-3?,14-9+. The van der Waals surface area contributed by atoms with Crippen LogP contribution in [0, 0.1) is 0 Å². The molecule has 0 bridgehead atoms. The summed E-state index contributed by atoms with van der Waals surface area (Å²) < 4.78 is 5.05. The highest BCUT2D eigenvalue weighted by Crippen LogP contribution is 2.12. The van der Waals surface area contributed by atoms with Gasteiger partial charge in [0.25, 0.3) is 0 Å². The Morgan fingerprint density at radius 2 is 2.06 bits per heavy atom. The Kier molecular flexibility index (Phi) is 4.75. The second-order valence-corrected chi connectivity index (χ2v) is 3.34. The molecule has 0 saturated heterocycles. The van der Waals surface area contributed by atoms with Gasteiger partial charge in [0.15, 0.2) is 0 Å². The molecular formula is C12H15N3O2. The van der Waals surface area contributed by atoms with E-state index in [4.69, 9.17) is 10.5 Å². The maximum absolute atomic E-state index is 10.4. The summed E-state index contributed by atoms with van der Waals surface area (Å²) in [6.07, 6.45) is 3.65. The molecule has 0 unspecified atom stereocenters. The Morgan fingerprint density at radius 1 is 1.41 bits per heavy atom. The van der Waals surface area contributed by atoms with Crippen molar-refractivity contribution in [1.82, 2.24) is 5.43 Å². The minimum Gasteiger partial charge on any atom is -0.497 e. The molecule has 90 valence electrons. The first-order valence-electron chi connectivity index (χ1n) is 5.03. The van der Waals surface area contributed by atoms with Gasteiger partial charge in [-0.25, -0.2) is 10.2 Å². The summed E-state index contributed by atoms with van der Waals surface area (Å²) in [5.41, 5.74) is 8.71. The van der Waals surface area contributed by atoms with Crippen molar-refractivity contribution in [2.45, 2.75) is 6.92 Å². The number of carbonyl (C=O) groups excluding carboxylic acids is 1. The smallest absolute Gasteiger partial charge is 0.332 e. The van der Waals surface area contributed by atoms with Crippen LogP contribution in [0.4, 0.5) is 4.79 Å². The Balaban J connectivity index is 2.63. The van der Waals surface area contributed by atoms with Gasteiger partial charge in [-0.2, -0.15) is 5.10 Å². The van der Waals surface area contributed by atoms with E-state index in [-0.39, 0.29) is 0 Å². The van der Waals surface area contributed by atoms with Gasteiger partial charge >= 0.3 is 6.03 Å². The summed E-state index contributed by atoms with van der Waals surface area (Å²) in [6, 6.07) is 6.90. The molecule has 0 aliphatic heterocycles. The average molecular weight is 233 g/mol. The molecule has 0 radical (unpaired) electrons. The summed E-state index contributed by atoms with van der Waals surface area (Å²) in [5, 5.41) is 3.75. The lowest BCUT2D eigenvalue weighted by Crippen LogP contribution is -2.25. The molecule has 0 aliphatic rings. The van der Waals surface area contributed by atoms with Crippen LogP contribution in [0.25, 0.3) is 6.08 Å². The summed E-state index contributed by atoms with van der Waals surface area (Å²) in [4.78, 5) is 10.4.